The number of rotatable bonds is 7. The largest absolute Gasteiger partial charge is 0.497 e. The Bertz CT molecular complexity index is 944. The SMILES string of the molecule is COc1ccc(OC)c(NC(=O)CCCN2C(=O)c3ccc(Br)cc3C2=O)c1. The minimum atomic E-state index is -0.337. The van der Waals surface area contributed by atoms with Gasteiger partial charge in [-0.25, -0.2) is 0 Å². The van der Waals surface area contributed by atoms with Crippen molar-refractivity contribution in [3.8, 4) is 11.5 Å². The zero-order valence-electron chi connectivity index (χ0n) is 15.5. The van der Waals surface area contributed by atoms with Gasteiger partial charge in [0.1, 0.15) is 11.5 Å². The number of hydrogen-bond acceptors (Lipinski definition) is 5. The van der Waals surface area contributed by atoms with Gasteiger partial charge < -0.3 is 14.8 Å². The van der Waals surface area contributed by atoms with Crippen molar-refractivity contribution in [1.82, 2.24) is 4.90 Å². The summed E-state index contributed by atoms with van der Waals surface area (Å²) in [5.74, 6) is 0.192. The summed E-state index contributed by atoms with van der Waals surface area (Å²) < 4.78 is 11.1. The van der Waals surface area contributed by atoms with Crippen molar-refractivity contribution >= 4 is 39.3 Å². The number of halogens is 1. The van der Waals surface area contributed by atoms with E-state index in [9.17, 15) is 14.4 Å². The first-order chi connectivity index (χ1) is 13.4. The van der Waals surface area contributed by atoms with Crippen LogP contribution in [0.3, 0.4) is 0 Å². The molecule has 1 heterocycles. The van der Waals surface area contributed by atoms with Crippen molar-refractivity contribution in [2.45, 2.75) is 12.8 Å². The Hall–Kier alpha value is -2.87. The Morgan fingerprint density at radius 3 is 2.50 bits per heavy atom. The smallest absolute Gasteiger partial charge is 0.261 e. The fraction of sp³-hybridized carbons (Fsp3) is 0.250. The van der Waals surface area contributed by atoms with Crippen LogP contribution in [0.5, 0.6) is 11.5 Å². The van der Waals surface area contributed by atoms with E-state index >= 15 is 0 Å². The molecule has 0 fully saturated rings. The molecule has 146 valence electrons. The number of fused-ring (bicyclic) bond motifs is 1. The fourth-order valence-electron chi connectivity index (χ4n) is 2.99. The highest BCUT2D eigenvalue weighted by atomic mass is 79.9. The molecule has 0 unspecified atom stereocenters. The maximum atomic E-state index is 12.4. The zero-order valence-corrected chi connectivity index (χ0v) is 17.0. The van der Waals surface area contributed by atoms with Gasteiger partial charge in [0.05, 0.1) is 31.0 Å². The summed E-state index contributed by atoms with van der Waals surface area (Å²) in [6.07, 6.45) is 0.502. The number of nitrogens with one attached hydrogen (secondary N) is 1. The third-order valence-electron chi connectivity index (χ3n) is 4.40. The minimum absolute atomic E-state index is 0.150. The van der Waals surface area contributed by atoms with E-state index < -0.39 is 0 Å². The second kappa shape index (κ2) is 8.43. The molecule has 0 saturated heterocycles. The van der Waals surface area contributed by atoms with E-state index in [0.717, 1.165) is 4.47 Å². The van der Waals surface area contributed by atoms with Gasteiger partial charge in [0, 0.05) is 23.5 Å². The molecule has 1 aliphatic rings. The third kappa shape index (κ3) is 4.01. The van der Waals surface area contributed by atoms with Crippen molar-refractivity contribution in [3.05, 3.63) is 52.0 Å². The van der Waals surface area contributed by atoms with Gasteiger partial charge in [0.15, 0.2) is 0 Å². The van der Waals surface area contributed by atoms with Crippen molar-refractivity contribution in [3.63, 3.8) is 0 Å². The van der Waals surface area contributed by atoms with E-state index in [1.165, 1.54) is 19.1 Å². The Balaban J connectivity index is 1.58. The molecule has 0 spiro atoms. The molecule has 2 aromatic rings. The summed E-state index contributed by atoms with van der Waals surface area (Å²) in [7, 11) is 3.05. The van der Waals surface area contributed by atoms with Crippen molar-refractivity contribution < 1.29 is 23.9 Å². The van der Waals surface area contributed by atoms with Crippen LogP contribution in [-0.2, 0) is 4.79 Å². The van der Waals surface area contributed by atoms with E-state index in [1.54, 1.807) is 36.4 Å². The molecule has 0 atom stereocenters. The molecule has 8 heteroatoms. The molecule has 3 rings (SSSR count). The molecular weight excluding hydrogens is 428 g/mol. The highest BCUT2D eigenvalue weighted by Gasteiger charge is 2.35. The summed E-state index contributed by atoms with van der Waals surface area (Å²) in [4.78, 5) is 38.3. The average molecular weight is 447 g/mol. The van der Waals surface area contributed by atoms with Gasteiger partial charge in [0.25, 0.3) is 11.8 Å². The van der Waals surface area contributed by atoms with Gasteiger partial charge >= 0.3 is 0 Å². The normalized spacial score (nSPS) is 12.8. The molecule has 0 aromatic heterocycles. The lowest BCUT2D eigenvalue weighted by atomic mass is 10.1. The van der Waals surface area contributed by atoms with E-state index in [2.05, 4.69) is 21.2 Å². The molecular formula is C20H19BrN2O5. The van der Waals surface area contributed by atoms with Gasteiger partial charge in [-0.2, -0.15) is 0 Å². The predicted octanol–water partition coefficient (Wildman–Crippen LogP) is 3.48. The monoisotopic (exact) mass is 446 g/mol. The van der Waals surface area contributed by atoms with Gasteiger partial charge in [0.2, 0.25) is 5.91 Å². The van der Waals surface area contributed by atoms with E-state index in [4.69, 9.17) is 9.47 Å². The second-order valence-corrected chi connectivity index (χ2v) is 7.09. The molecule has 7 nitrogen and oxygen atoms in total. The lowest BCUT2D eigenvalue weighted by Gasteiger charge is -2.14. The van der Waals surface area contributed by atoms with Crippen LogP contribution in [0.25, 0.3) is 0 Å². The fourth-order valence-corrected chi connectivity index (χ4v) is 3.35. The van der Waals surface area contributed by atoms with Crippen LogP contribution in [0.2, 0.25) is 0 Å². The number of benzene rings is 2. The minimum Gasteiger partial charge on any atom is -0.497 e. The van der Waals surface area contributed by atoms with Crippen LogP contribution in [0.15, 0.2) is 40.9 Å². The maximum Gasteiger partial charge on any atom is 0.261 e. The zero-order chi connectivity index (χ0) is 20.3. The van der Waals surface area contributed by atoms with Crippen molar-refractivity contribution in [2.24, 2.45) is 0 Å². The number of amides is 3. The summed E-state index contributed by atoms with van der Waals surface area (Å²) >= 11 is 3.30. The molecule has 1 N–H and O–H groups in total. The van der Waals surface area contributed by atoms with Crippen LogP contribution < -0.4 is 14.8 Å². The summed E-state index contributed by atoms with van der Waals surface area (Å²) in [6, 6.07) is 10.1. The van der Waals surface area contributed by atoms with Crippen molar-refractivity contribution in [2.75, 3.05) is 26.1 Å². The highest BCUT2D eigenvalue weighted by Crippen LogP contribution is 2.29. The van der Waals surface area contributed by atoms with Crippen LogP contribution in [-0.4, -0.2) is 43.4 Å². The first kappa shape index (κ1) is 19.9. The summed E-state index contributed by atoms with van der Waals surface area (Å²) in [5, 5.41) is 2.77. The van der Waals surface area contributed by atoms with Gasteiger partial charge in [-0.1, -0.05) is 15.9 Å². The number of anilines is 1. The summed E-state index contributed by atoms with van der Waals surface area (Å²) in [5.41, 5.74) is 1.26. The van der Waals surface area contributed by atoms with Crippen molar-refractivity contribution in [1.29, 1.82) is 0 Å². The Morgan fingerprint density at radius 2 is 1.79 bits per heavy atom. The first-order valence-electron chi connectivity index (χ1n) is 8.62. The topological polar surface area (TPSA) is 84.9 Å². The standard InChI is InChI=1S/C20H19BrN2O5/c1-27-13-6-8-17(28-2)16(11-13)22-18(24)4-3-9-23-19(25)14-7-5-12(21)10-15(14)20(23)26/h5-8,10-11H,3-4,9H2,1-2H3,(H,22,24). The number of hydrogen-bond donors (Lipinski definition) is 1. The van der Waals surface area contributed by atoms with Gasteiger partial charge in [-0.05, 0) is 36.8 Å². The number of ether oxygens (including phenoxy) is 2. The van der Waals surface area contributed by atoms with E-state index in [1.807, 2.05) is 0 Å². The lowest BCUT2D eigenvalue weighted by Crippen LogP contribution is -2.31. The van der Waals surface area contributed by atoms with Gasteiger partial charge in [-0.15, -0.1) is 0 Å². The van der Waals surface area contributed by atoms with Gasteiger partial charge in [-0.3, -0.25) is 19.3 Å². The molecule has 0 bridgehead atoms. The van der Waals surface area contributed by atoms with E-state index in [-0.39, 0.29) is 30.7 Å². The highest BCUT2D eigenvalue weighted by molar-refractivity contribution is 9.10. The second-order valence-electron chi connectivity index (χ2n) is 6.17. The molecule has 28 heavy (non-hydrogen) atoms. The van der Waals surface area contributed by atoms with Crippen LogP contribution in [0, 0.1) is 0 Å². The number of nitrogens with zero attached hydrogens (tertiary/aromatic N) is 1. The average Bonchev–Trinajstić information content (AvgIpc) is 2.92. The number of carbonyl (C=O) groups is 3. The van der Waals surface area contributed by atoms with Crippen LogP contribution in [0.1, 0.15) is 33.6 Å². The Labute approximate surface area is 170 Å². The molecule has 1 aliphatic heterocycles. The Morgan fingerprint density at radius 1 is 1.04 bits per heavy atom. The van der Waals surface area contributed by atoms with Crippen LogP contribution >= 0.6 is 15.9 Å². The quantitative estimate of drug-likeness (QED) is 0.657. The predicted molar refractivity (Wildman–Crippen MR) is 107 cm³/mol. The maximum absolute atomic E-state index is 12.4. The molecule has 2 aromatic carbocycles. The molecule has 0 saturated carbocycles. The number of carbonyl (C=O) groups excluding carboxylic acids is 3. The summed E-state index contributed by atoms with van der Waals surface area (Å²) in [6.45, 7) is 0.173. The number of imide groups is 1. The van der Waals surface area contributed by atoms with Crippen LogP contribution in [0.4, 0.5) is 5.69 Å². The molecule has 0 aliphatic carbocycles. The molecule has 0 radical (unpaired) electrons. The lowest BCUT2D eigenvalue weighted by molar-refractivity contribution is -0.116. The first-order valence-corrected chi connectivity index (χ1v) is 9.41. The molecule has 3 amide bonds. The number of methoxy groups -OCH3 is 2. The third-order valence-corrected chi connectivity index (χ3v) is 4.89. The Kier molecular flexibility index (Phi) is 5.99. The van der Waals surface area contributed by atoms with E-state index in [0.29, 0.717) is 34.7 Å².